The predicted molar refractivity (Wildman–Crippen MR) is 73.7 cm³/mol. The summed E-state index contributed by atoms with van der Waals surface area (Å²) in [4.78, 5) is 12.1. The number of nitrogens with one attached hydrogen (secondary N) is 1. The monoisotopic (exact) mass is 314 g/mol. The number of halogens is 1. The van der Waals surface area contributed by atoms with Gasteiger partial charge < -0.3 is 14.6 Å². The molecule has 1 fully saturated rings. The van der Waals surface area contributed by atoms with E-state index in [4.69, 9.17) is 4.74 Å². The van der Waals surface area contributed by atoms with Gasteiger partial charge in [0.1, 0.15) is 5.69 Å². The third-order valence-electron chi connectivity index (χ3n) is 3.24. The van der Waals surface area contributed by atoms with Crippen LogP contribution in [-0.2, 0) is 11.3 Å². The number of carbonyl (C=O) groups is 1. The maximum Gasteiger partial charge on any atom is 0.267 e. The van der Waals surface area contributed by atoms with Crippen molar-refractivity contribution in [1.29, 1.82) is 0 Å². The Morgan fingerprint density at radius 2 is 2.50 bits per heavy atom. The second kappa shape index (κ2) is 6.38. The number of hydrogen-bond acceptors (Lipinski definition) is 2. The summed E-state index contributed by atoms with van der Waals surface area (Å²) >= 11 is 3.40. The zero-order valence-electron chi connectivity index (χ0n) is 10.6. The summed E-state index contributed by atoms with van der Waals surface area (Å²) in [6.45, 7) is 5.14. The van der Waals surface area contributed by atoms with Gasteiger partial charge in [-0.05, 0) is 47.7 Å². The molecular formula is C13H19BrN2O2. The van der Waals surface area contributed by atoms with Gasteiger partial charge in [-0.3, -0.25) is 4.79 Å². The van der Waals surface area contributed by atoms with Crippen molar-refractivity contribution >= 4 is 21.8 Å². The summed E-state index contributed by atoms with van der Waals surface area (Å²) in [5, 5.41) is 3.00. The highest BCUT2D eigenvalue weighted by Gasteiger charge is 2.17. The number of aromatic nitrogens is 1. The predicted octanol–water partition coefficient (Wildman–Crippen LogP) is 2.43. The summed E-state index contributed by atoms with van der Waals surface area (Å²) in [6.07, 6.45) is 4.16. The van der Waals surface area contributed by atoms with Crippen LogP contribution < -0.4 is 5.32 Å². The van der Waals surface area contributed by atoms with E-state index in [9.17, 15) is 4.79 Å². The van der Waals surface area contributed by atoms with Gasteiger partial charge in [-0.2, -0.15) is 0 Å². The molecule has 0 aliphatic carbocycles. The first-order valence-corrected chi connectivity index (χ1v) is 7.21. The Kier molecular flexibility index (Phi) is 4.83. The fourth-order valence-electron chi connectivity index (χ4n) is 2.22. The normalized spacial score (nSPS) is 19.8. The topological polar surface area (TPSA) is 43.3 Å². The fraction of sp³-hybridized carbons (Fsp3) is 0.615. The van der Waals surface area contributed by atoms with Gasteiger partial charge in [0.25, 0.3) is 5.91 Å². The number of carbonyl (C=O) groups excluding carboxylic acids is 1. The molecule has 1 amide bonds. The molecule has 1 atom stereocenters. The summed E-state index contributed by atoms with van der Waals surface area (Å²) in [5.74, 6) is 0.448. The van der Waals surface area contributed by atoms with Crippen molar-refractivity contribution in [2.24, 2.45) is 5.92 Å². The lowest BCUT2D eigenvalue weighted by Gasteiger charge is -2.22. The first kappa shape index (κ1) is 13.6. The van der Waals surface area contributed by atoms with Gasteiger partial charge in [-0.15, -0.1) is 0 Å². The maximum absolute atomic E-state index is 12.1. The molecular weight excluding hydrogens is 296 g/mol. The highest BCUT2D eigenvalue weighted by atomic mass is 79.9. The lowest BCUT2D eigenvalue weighted by Crippen LogP contribution is -2.34. The van der Waals surface area contributed by atoms with Crippen molar-refractivity contribution in [1.82, 2.24) is 9.88 Å². The maximum atomic E-state index is 12.1. The lowest BCUT2D eigenvalue weighted by atomic mass is 10.0. The number of rotatable bonds is 4. The average molecular weight is 315 g/mol. The van der Waals surface area contributed by atoms with Gasteiger partial charge >= 0.3 is 0 Å². The first-order valence-electron chi connectivity index (χ1n) is 6.42. The minimum atomic E-state index is -0.00637. The third kappa shape index (κ3) is 3.36. The molecule has 4 nitrogen and oxygen atoms in total. The van der Waals surface area contributed by atoms with Crippen LogP contribution in [0.2, 0.25) is 0 Å². The molecule has 0 aromatic carbocycles. The van der Waals surface area contributed by atoms with E-state index < -0.39 is 0 Å². The average Bonchev–Trinajstić information content (AvgIpc) is 2.78. The van der Waals surface area contributed by atoms with Crippen LogP contribution >= 0.6 is 15.9 Å². The van der Waals surface area contributed by atoms with Crippen LogP contribution in [0, 0.1) is 5.92 Å². The Bertz CT molecular complexity index is 411. The van der Waals surface area contributed by atoms with Crippen LogP contribution in [0.1, 0.15) is 30.3 Å². The SMILES string of the molecule is CCn1cc(Br)cc1C(=O)NCC1CCCOC1. The van der Waals surface area contributed by atoms with Crippen LogP contribution in [0.3, 0.4) is 0 Å². The molecule has 2 rings (SSSR count). The van der Waals surface area contributed by atoms with Crippen LogP contribution in [0.25, 0.3) is 0 Å². The van der Waals surface area contributed by atoms with Gasteiger partial charge in [0.2, 0.25) is 0 Å². The quantitative estimate of drug-likeness (QED) is 0.927. The van der Waals surface area contributed by atoms with Crippen molar-refractivity contribution in [3.05, 3.63) is 22.4 Å². The minimum absolute atomic E-state index is 0.00637. The number of ether oxygens (including phenoxy) is 1. The molecule has 1 aromatic rings. The molecule has 1 aromatic heterocycles. The van der Waals surface area contributed by atoms with Crippen LogP contribution in [0.5, 0.6) is 0 Å². The second-order valence-corrected chi connectivity index (χ2v) is 5.54. The Hall–Kier alpha value is -0.810. The van der Waals surface area contributed by atoms with E-state index in [0.29, 0.717) is 18.2 Å². The molecule has 1 aliphatic heterocycles. The molecule has 0 saturated carbocycles. The largest absolute Gasteiger partial charge is 0.381 e. The Morgan fingerprint density at radius 3 is 3.17 bits per heavy atom. The van der Waals surface area contributed by atoms with Crippen molar-refractivity contribution in [3.8, 4) is 0 Å². The molecule has 2 heterocycles. The molecule has 0 bridgehead atoms. The second-order valence-electron chi connectivity index (χ2n) is 4.62. The van der Waals surface area contributed by atoms with E-state index in [1.807, 2.05) is 23.8 Å². The summed E-state index contributed by atoms with van der Waals surface area (Å²) < 4.78 is 8.29. The Morgan fingerprint density at radius 1 is 1.67 bits per heavy atom. The highest BCUT2D eigenvalue weighted by Crippen LogP contribution is 2.16. The third-order valence-corrected chi connectivity index (χ3v) is 3.68. The summed E-state index contributed by atoms with van der Waals surface area (Å²) in [7, 11) is 0. The molecule has 1 unspecified atom stereocenters. The van der Waals surface area contributed by atoms with E-state index in [-0.39, 0.29) is 5.91 Å². The standard InChI is InChI=1S/C13H19BrN2O2/c1-2-16-8-11(14)6-12(16)13(17)15-7-10-4-3-5-18-9-10/h6,8,10H,2-5,7,9H2,1H3,(H,15,17). The zero-order valence-corrected chi connectivity index (χ0v) is 12.2. The molecule has 1 N–H and O–H groups in total. The van der Waals surface area contributed by atoms with E-state index in [1.54, 1.807) is 0 Å². The molecule has 18 heavy (non-hydrogen) atoms. The molecule has 5 heteroatoms. The number of hydrogen-bond donors (Lipinski definition) is 1. The van der Waals surface area contributed by atoms with Crippen LogP contribution in [0.15, 0.2) is 16.7 Å². The molecule has 1 aliphatic rings. The van der Waals surface area contributed by atoms with Gasteiger partial charge in [-0.25, -0.2) is 0 Å². The Balaban J connectivity index is 1.90. The Labute approximate surface area is 116 Å². The van der Waals surface area contributed by atoms with E-state index >= 15 is 0 Å². The summed E-state index contributed by atoms with van der Waals surface area (Å²) in [6, 6.07) is 1.86. The van der Waals surface area contributed by atoms with Gasteiger partial charge in [0.15, 0.2) is 0 Å². The van der Waals surface area contributed by atoms with E-state index in [0.717, 1.165) is 37.1 Å². The fourth-order valence-corrected chi connectivity index (χ4v) is 2.69. The lowest BCUT2D eigenvalue weighted by molar-refractivity contribution is 0.0535. The molecule has 0 radical (unpaired) electrons. The van der Waals surface area contributed by atoms with Gasteiger partial charge in [0, 0.05) is 30.4 Å². The van der Waals surface area contributed by atoms with Crippen molar-refractivity contribution < 1.29 is 9.53 Å². The van der Waals surface area contributed by atoms with Crippen LogP contribution in [-0.4, -0.2) is 30.2 Å². The van der Waals surface area contributed by atoms with Gasteiger partial charge in [-0.1, -0.05) is 0 Å². The first-order chi connectivity index (χ1) is 8.70. The molecule has 0 spiro atoms. The number of amides is 1. The van der Waals surface area contributed by atoms with Crippen molar-refractivity contribution in [3.63, 3.8) is 0 Å². The highest BCUT2D eigenvalue weighted by molar-refractivity contribution is 9.10. The number of aryl methyl sites for hydroxylation is 1. The van der Waals surface area contributed by atoms with Crippen molar-refractivity contribution in [2.75, 3.05) is 19.8 Å². The van der Waals surface area contributed by atoms with Gasteiger partial charge in [0.05, 0.1) is 6.61 Å². The number of nitrogens with zero attached hydrogens (tertiary/aromatic N) is 1. The minimum Gasteiger partial charge on any atom is -0.381 e. The molecule has 1 saturated heterocycles. The molecule has 100 valence electrons. The van der Waals surface area contributed by atoms with Crippen LogP contribution in [0.4, 0.5) is 0 Å². The van der Waals surface area contributed by atoms with Crippen molar-refractivity contribution in [2.45, 2.75) is 26.3 Å². The smallest absolute Gasteiger partial charge is 0.267 e. The van der Waals surface area contributed by atoms with E-state index in [1.165, 1.54) is 0 Å². The zero-order chi connectivity index (χ0) is 13.0. The summed E-state index contributed by atoms with van der Waals surface area (Å²) in [5.41, 5.74) is 0.709. The van der Waals surface area contributed by atoms with E-state index in [2.05, 4.69) is 21.2 Å².